The summed E-state index contributed by atoms with van der Waals surface area (Å²) in [4.78, 5) is 11.9. The van der Waals surface area contributed by atoms with Gasteiger partial charge in [0, 0.05) is 12.4 Å². The number of benzene rings is 1. The van der Waals surface area contributed by atoms with Crippen molar-refractivity contribution in [2.24, 2.45) is 0 Å². The van der Waals surface area contributed by atoms with Gasteiger partial charge in [-0.25, -0.2) is 9.89 Å². The Morgan fingerprint density at radius 3 is 2.95 bits per heavy atom. The highest BCUT2D eigenvalue weighted by Crippen LogP contribution is 2.21. The average Bonchev–Trinajstić information content (AvgIpc) is 3.11. The summed E-state index contributed by atoms with van der Waals surface area (Å²) in [6.07, 6.45) is 2.22. The van der Waals surface area contributed by atoms with E-state index in [9.17, 15) is 4.79 Å². The van der Waals surface area contributed by atoms with Gasteiger partial charge in [0.25, 0.3) is 0 Å². The molecule has 0 radical (unpaired) electrons. The molecule has 1 atom stereocenters. The van der Waals surface area contributed by atoms with Gasteiger partial charge < -0.3 is 4.74 Å². The number of H-pyrrole nitrogens is 1. The molecular formula is C15H19N3O2S. The lowest BCUT2D eigenvalue weighted by Crippen LogP contribution is -2.24. The fourth-order valence-electron chi connectivity index (χ4n) is 2.40. The van der Waals surface area contributed by atoms with Gasteiger partial charge in [-0.1, -0.05) is 41.6 Å². The summed E-state index contributed by atoms with van der Waals surface area (Å²) in [7, 11) is 0. The van der Waals surface area contributed by atoms with Gasteiger partial charge in [0.15, 0.2) is 5.16 Å². The van der Waals surface area contributed by atoms with Crippen molar-refractivity contribution in [1.29, 1.82) is 0 Å². The van der Waals surface area contributed by atoms with Crippen molar-refractivity contribution >= 4 is 11.8 Å². The molecule has 6 heteroatoms. The summed E-state index contributed by atoms with van der Waals surface area (Å²) in [5.74, 6) is 0.802. The van der Waals surface area contributed by atoms with Gasteiger partial charge in [0.2, 0.25) is 0 Å². The topological polar surface area (TPSA) is 59.9 Å². The predicted octanol–water partition coefficient (Wildman–Crippen LogP) is 2.35. The second-order valence-corrected chi connectivity index (χ2v) is 6.27. The Morgan fingerprint density at radius 2 is 2.24 bits per heavy atom. The molecule has 0 unspecified atom stereocenters. The normalized spacial score (nSPS) is 18.2. The molecule has 5 nitrogen and oxygen atoms in total. The number of rotatable bonds is 5. The van der Waals surface area contributed by atoms with Crippen LogP contribution in [-0.4, -0.2) is 27.5 Å². The maximum atomic E-state index is 11.9. The third kappa shape index (κ3) is 3.57. The molecule has 1 aliphatic heterocycles. The smallest absolute Gasteiger partial charge is 0.344 e. The van der Waals surface area contributed by atoms with Crippen LogP contribution in [0.4, 0.5) is 0 Å². The Morgan fingerprint density at radius 1 is 1.43 bits per heavy atom. The standard InChI is InChI=1S/C15H19N3O2S/c1-11-4-6-12(7-5-11)10-21-15-17-16-14(19)18(15)9-13-3-2-8-20-13/h4-7,13H,2-3,8-10H2,1H3,(H,16,19)/t13-/m0/s1. The Hall–Kier alpha value is -1.53. The lowest BCUT2D eigenvalue weighted by atomic mass is 10.2. The van der Waals surface area contributed by atoms with Gasteiger partial charge in [0.1, 0.15) is 0 Å². The fraction of sp³-hybridized carbons (Fsp3) is 0.467. The van der Waals surface area contributed by atoms with Crippen LogP contribution < -0.4 is 5.69 Å². The summed E-state index contributed by atoms with van der Waals surface area (Å²) in [5, 5.41) is 7.39. The predicted molar refractivity (Wildman–Crippen MR) is 82.6 cm³/mol. The molecule has 0 bridgehead atoms. The average molecular weight is 305 g/mol. The molecule has 1 aliphatic rings. The van der Waals surface area contributed by atoms with E-state index in [1.807, 2.05) is 0 Å². The highest BCUT2D eigenvalue weighted by atomic mass is 32.2. The van der Waals surface area contributed by atoms with Gasteiger partial charge in [0.05, 0.1) is 12.6 Å². The van der Waals surface area contributed by atoms with Crippen molar-refractivity contribution in [2.45, 2.75) is 43.3 Å². The monoisotopic (exact) mass is 305 g/mol. The van der Waals surface area contributed by atoms with Crippen LogP contribution in [0.3, 0.4) is 0 Å². The largest absolute Gasteiger partial charge is 0.376 e. The first kappa shape index (κ1) is 14.4. The van der Waals surface area contributed by atoms with Crippen molar-refractivity contribution < 1.29 is 4.74 Å². The maximum absolute atomic E-state index is 11.9. The number of ether oxygens (including phenoxy) is 1. The van der Waals surface area contributed by atoms with Crippen LogP contribution in [0, 0.1) is 6.92 Å². The summed E-state index contributed by atoms with van der Waals surface area (Å²) in [6, 6.07) is 8.41. The highest BCUT2D eigenvalue weighted by Gasteiger charge is 2.19. The van der Waals surface area contributed by atoms with Gasteiger partial charge in [-0.05, 0) is 25.3 Å². The second kappa shape index (κ2) is 6.49. The summed E-state index contributed by atoms with van der Waals surface area (Å²) < 4.78 is 7.29. The lowest BCUT2D eigenvalue weighted by molar-refractivity contribution is 0.0941. The zero-order valence-electron chi connectivity index (χ0n) is 12.0. The number of aromatic amines is 1. The lowest BCUT2D eigenvalue weighted by Gasteiger charge is -2.11. The summed E-state index contributed by atoms with van der Waals surface area (Å²) in [5.41, 5.74) is 2.32. The Labute approximate surface area is 127 Å². The van der Waals surface area contributed by atoms with Gasteiger partial charge in [-0.15, -0.1) is 5.10 Å². The number of nitrogens with one attached hydrogen (secondary N) is 1. The number of aryl methyl sites for hydroxylation is 1. The van der Waals surface area contributed by atoms with Crippen LogP contribution in [0.15, 0.2) is 34.2 Å². The molecule has 1 saturated heterocycles. The molecule has 1 aromatic heterocycles. The maximum Gasteiger partial charge on any atom is 0.344 e. The fourth-order valence-corrected chi connectivity index (χ4v) is 3.31. The zero-order chi connectivity index (χ0) is 14.7. The number of hydrogen-bond donors (Lipinski definition) is 1. The molecule has 2 aromatic rings. The van der Waals surface area contributed by atoms with Gasteiger partial charge >= 0.3 is 5.69 Å². The molecular weight excluding hydrogens is 286 g/mol. The van der Waals surface area contributed by atoms with E-state index in [1.54, 1.807) is 16.3 Å². The van der Waals surface area contributed by atoms with E-state index in [-0.39, 0.29) is 11.8 Å². The van der Waals surface area contributed by atoms with Crippen molar-refractivity contribution in [2.75, 3.05) is 6.61 Å². The first-order valence-corrected chi connectivity index (χ1v) is 8.16. The quantitative estimate of drug-likeness (QED) is 0.862. The van der Waals surface area contributed by atoms with E-state index in [2.05, 4.69) is 41.4 Å². The zero-order valence-corrected chi connectivity index (χ0v) is 12.9. The highest BCUT2D eigenvalue weighted by molar-refractivity contribution is 7.98. The van der Waals surface area contributed by atoms with E-state index in [0.29, 0.717) is 6.54 Å². The number of thioether (sulfide) groups is 1. The van der Waals surface area contributed by atoms with E-state index < -0.39 is 0 Å². The Bertz CT molecular complexity index is 642. The molecule has 1 aromatic carbocycles. The minimum atomic E-state index is -0.156. The first-order chi connectivity index (χ1) is 10.2. The van der Waals surface area contributed by atoms with Crippen molar-refractivity contribution in [3.8, 4) is 0 Å². The molecule has 0 spiro atoms. The number of aromatic nitrogens is 3. The van der Waals surface area contributed by atoms with E-state index in [4.69, 9.17) is 4.74 Å². The minimum Gasteiger partial charge on any atom is -0.376 e. The number of hydrogen-bond acceptors (Lipinski definition) is 4. The van der Waals surface area contributed by atoms with E-state index in [1.165, 1.54) is 11.1 Å². The van der Waals surface area contributed by atoms with Crippen molar-refractivity contribution in [3.63, 3.8) is 0 Å². The summed E-state index contributed by atoms with van der Waals surface area (Å²) in [6.45, 7) is 3.46. The Balaban J connectivity index is 1.67. The van der Waals surface area contributed by atoms with E-state index in [0.717, 1.165) is 30.4 Å². The first-order valence-electron chi connectivity index (χ1n) is 7.17. The van der Waals surface area contributed by atoms with Crippen LogP contribution in [0.2, 0.25) is 0 Å². The van der Waals surface area contributed by atoms with E-state index >= 15 is 0 Å². The van der Waals surface area contributed by atoms with Crippen LogP contribution in [0.5, 0.6) is 0 Å². The molecule has 1 N–H and O–H groups in total. The molecule has 2 heterocycles. The molecule has 112 valence electrons. The third-order valence-electron chi connectivity index (χ3n) is 3.62. The molecule has 1 fully saturated rings. The summed E-state index contributed by atoms with van der Waals surface area (Å²) >= 11 is 1.58. The van der Waals surface area contributed by atoms with Crippen molar-refractivity contribution in [1.82, 2.24) is 14.8 Å². The van der Waals surface area contributed by atoms with Crippen LogP contribution in [0.25, 0.3) is 0 Å². The molecule has 3 rings (SSSR count). The molecule has 0 aliphatic carbocycles. The third-order valence-corrected chi connectivity index (χ3v) is 4.67. The molecule has 21 heavy (non-hydrogen) atoms. The second-order valence-electron chi connectivity index (χ2n) is 5.33. The van der Waals surface area contributed by atoms with Crippen LogP contribution in [-0.2, 0) is 17.0 Å². The SMILES string of the molecule is Cc1ccc(CSc2n[nH]c(=O)n2C[C@@H]2CCCO2)cc1. The molecule has 0 amide bonds. The van der Waals surface area contributed by atoms with Crippen molar-refractivity contribution in [3.05, 3.63) is 45.9 Å². The van der Waals surface area contributed by atoms with Gasteiger partial charge in [-0.3, -0.25) is 4.57 Å². The number of nitrogens with zero attached hydrogens (tertiary/aromatic N) is 2. The van der Waals surface area contributed by atoms with Crippen LogP contribution in [0.1, 0.15) is 24.0 Å². The minimum absolute atomic E-state index is 0.138. The van der Waals surface area contributed by atoms with Gasteiger partial charge in [-0.2, -0.15) is 0 Å². The van der Waals surface area contributed by atoms with Crippen LogP contribution >= 0.6 is 11.8 Å². The molecule has 0 saturated carbocycles. The Kier molecular flexibility index (Phi) is 4.45.